The Hall–Kier alpha value is -2.62. The Morgan fingerprint density at radius 3 is 2.64 bits per heavy atom. The van der Waals surface area contributed by atoms with Crippen molar-refractivity contribution in [3.8, 4) is 10.6 Å². The number of sulfonamides is 1. The van der Waals surface area contributed by atoms with Gasteiger partial charge in [-0.15, -0.1) is 11.3 Å². The van der Waals surface area contributed by atoms with Gasteiger partial charge in [-0.1, -0.05) is 18.2 Å². The van der Waals surface area contributed by atoms with Crippen molar-refractivity contribution in [2.45, 2.75) is 11.3 Å². The zero-order valence-electron chi connectivity index (χ0n) is 15.2. The fraction of sp³-hybridized carbons (Fsp3) is 0.158. The van der Waals surface area contributed by atoms with Crippen LogP contribution in [-0.4, -0.2) is 37.7 Å². The number of benzene rings is 2. The van der Waals surface area contributed by atoms with Gasteiger partial charge in [0.1, 0.15) is 10.8 Å². The van der Waals surface area contributed by atoms with Gasteiger partial charge in [-0.2, -0.15) is 0 Å². The number of carbonyl (C=O) groups is 1. The van der Waals surface area contributed by atoms with Crippen LogP contribution in [-0.2, 0) is 21.2 Å². The molecule has 1 N–H and O–H groups in total. The second-order valence-electron chi connectivity index (χ2n) is 6.19. The molecule has 0 radical (unpaired) electrons. The molecule has 1 amide bonds. The first-order chi connectivity index (χ1) is 13.3. The minimum atomic E-state index is -3.58. The van der Waals surface area contributed by atoms with E-state index in [-0.39, 0.29) is 23.0 Å². The third-order valence-electron chi connectivity index (χ3n) is 3.86. The van der Waals surface area contributed by atoms with Crippen LogP contribution in [0.2, 0.25) is 0 Å². The lowest BCUT2D eigenvalue weighted by Gasteiger charge is -2.12. The van der Waals surface area contributed by atoms with E-state index >= 15 is 0 Å². The van der Waals surface area contributed by atoms with E-state index in [1.807, 2.05) is 0 Å². The number of rotatable bonds is 6. The number of aromatic nitrogens is 1. The molecular formula is C19H18FN3O3S2. The first-order valence-electron chi connectivity index (χ1n) is 8.28. The summed E-state index contributed by atoms with van der Waals surface area (Å²) in [6.45, 7) is 0. The molecule has 0 saturated carbocycles. The molecule has 1 heterocycles. The lowest BCUT2D eigenvalue weighted by Crippen LogP contribution is -2.22. The van der Waals surface area contributed by atoms with Crippen molar-refractivity contribution in [2.75, 3.05) is 19.4 Å². The highest BCUT2D eigenvalue weighted by Gasteiger charge is 2.18. The summed E-state index contributed by atoms with van der Waals surface area (Å²) < 4.78 is 38.9. The predicted octanol–water partition coefficient (Wildman–Crippen LogP) is 3.38. The summed E-state index contributed by atoms with van der Waals surface area (Å²) >= 11 is 1.33. The Morgan fingerprint density at radius 2 is 1.93 bits per heavy atom. The quantitative estimate of drug-likeness (QED) is 0.664. The zero-order chi connectivity index (χ0) is 20.3. The van der Waals surface area contributed by atoms with E-state index in [4.69, 9.17) is 0 Å². The number of thiazole rings is 1. The fourth-order valence-corrected chi connectivity index (χ4v) is 4.22. The molecule has 0 unspecified atom stereocenters. The summed E-state index contributed by atoms with van der Waals surface area (Å²) in [4.78, 5) is 16.8. The van der Waals surface area contributed by atoms with Crippen LogP contribution in [0.1, 0.15) is 5.69 Å². The Labute approximate surface area is 166 Å². The van der Waals surface area contributed by atoms with Gasteiger partial charge in [-0.05, 0) is 30.3 Å². The second kappa shape index (κ2) is 8.17. The summed E-state index contributed by atoms with van der Waals surface area (Å²) in [5, 5.41) is 5.05. The molecule has 6 nitrogen and oxygen atoms in total. The van der Waals surface area contributed by atoms with Gasteiger partial charge < -0.3 is 5.32 Å². The van der Waals surface area contributed by atoms with Crippen LogP contribution in [0.5, 0.6) is 0 Å². The third-order valence-corrected chi connectivity index (χ3v) is 6.61. The summed E-state index contributed by atoms with van der Waals surface area (Å²) in [6.07, 6.45) is 0.0243. The van der Waals surface area contributed by atoms with Crippen molar-refractivity contribution < 1.29 is 17.6 Å². The summed E-state index contributed by atoms with van der Waals surface area (Å²) in [5.41, 5.74) is 1.59. The molecule has 0 bridgehead atoms. The molecule has 0 saturated heterocycles. The normalized spacial score (nSPS) is 11.6. The highest BCUT2D eigenvalue weighted by Crippen LogP contribution is 2.25. The first-order valence-corrected chi connectivity index (χ1v) is 10.6. The molecule has 146 valence electrons. The van der Waals surface area contributed by atoms with Crippen LogP contribution in [0.3, 0.4) is 0 Å². The van der Waals surface area contributed by atoms with Gasteiger partial charge >= 0.3 is 0 Å². The van der Waals surface area contributed by atoms with Crippen molar-refractivity contribution in [1.82, 2.24) is 9.29 Å². The van der Waals surface area contributed by atoms with Crippen molar-refractivity contribution in [2.24, 2.45) is 0 Å². The predicted molar refractivity (Wildman–Crippen MR) is 107 cm³/mol. The lowest BCUT2D eigenvalue weighted by molar-refractivity contribution is -0.115. The molecule has 0 aliphatic rings. The number of hydrogen-bond acceptors (Lipinski definition) is 5. The SMILES string of the molecule is CN(C)S(=O)(=O)c1cccc(NC(=O)Cc2csc(-c3cccc(F)c3)n2)c1. The van der Waals surface area contributed by atoms with Crippen molar-refractivity contribution >= 4 is 33.0 Å². The highest BCUT2D eigenvalue weighted by molar-refractivity contribution is 7.89. The number of hydrogen-bond donors (Lipinski definition) is 1. The number of halogens is 1. The van der Waals surface area contributed by atoms with Gasteiger partial charge in [0.25, 0.3) is 0 Å². The zero-order valence-corrected chi connectivity index (χ0v) is 16.8. The van der Waals surface area contributed by atoms with Crippen molar-refractivity contribution in [1.29, 1.82) is 0 Å². The molecule has 9 heteroatoms. The Bertz CT molecular complexity index is 1110. The molecule has 0 aliphatic heterocycles. The molecule has 0 fully saturated rings. The number of nitrogens with zero attached hydrogens (tertiary/aromatic N) is 2. The maximum absolute atomic E-state index is 13.3. The van der Waals surface area contributed by atoms with E-state index < -0.39 is 10.0 Å². The van der Waals surface area contributed by atoms with E-state index in [0.717, 1.165) is 4.31 Å². The minimum Gasteiger partial charge on any atom is -0.326 e. The van der Waals surface area contributed by atoms with E-state index in [0.29, 0.717) is 22.0 Å². The number of amides is 1. The van der Waals surface area contributed by atoms with Gasteiger partial charge in [0.2, 0.25) is 15.9 Å². The molecule has 3 rings (SSSR count). The molecule has 0 aliphatic carbocycles. The third kappa shape index (κ3) is 4.61. The molecule has 1 aromatic heterocycles. The fourth-order valence-electron chi connectivity index (χ4n) is 2.46. The van der Waals surface area contributed by atoms with Crippen LogP contribution in [0.15, 0.2) is 58.8 Å². The average Bonchev–Trinajstić information content (AvgIpc) is 3.10. The van der Waals surface area contributed by atoms with E-state index in [9.17, 15) is 17.6 Å². The molecule has 2 aromatic carbocycles. The van der Waals surface area contributed by atoms with Crippen molar-refractivity contribution in [3.05, 3.63) is 65.4 Å². The summed E-state index contributed by atoms with van der Waals surface area (Å²) in [5.74, 6) is -0.671. The number of nitrogens with one attached hydrogen (secondary N) is 1. The topological polar surface area (TPSA) is 79.4 Å². The summed E-state index contributed by atoms with van der Waals surface area (Å²) in [6, 6.07) is 12.2. The Morgan fingerprint density at radius 1 is 1.18 bits per heavy atom. The van der Waals surface area contributed by atoms with Crippen LogP contribution in [0.25, 0.3) is 10.6 Å². The van der Waals surface area contributed by atoms with Crippen LogP contribution >= 0.6 is 11.3 Å². The van der Waals surface area contributed by atoms with Crippen LogP contribution in [0, 0.1) is 5.82 Å². The molecular weight excluding hydrogens is 401 g/mol. The smallest absolute Gasteiger partial charge is 0.242 e. The Kier molecular flexibility index (Phi) is 5.87. The van der Waals surface area contributed by atoms with Crippen LogP contribution in [0.4, 0.5) is 10.1 Å². The summed E-state index contributed by atoms with van der Waals surface area (Å²) in [7, 11) is -0.697. The van der Waals surface area contributed by atoms with E-state index in [1.54, 1.807) is 29.6 Å². The highest BCUT2D eigenvalue weighted by atomic mass is 32.2. The maximum atomic E-state index is 13.3. The van der Waals surface area contributed by atoms with E-state index in [2.05, 4.69) is 10.3 Å². The molecule has 28 heavy (non-hydrogen) atoms. The molecule has 0 atom stereocenters. The van der Waals surface area contributed by atoms with Crippen molar-refractivity contribution in [3.63, 3.8) is 0 Å². The Balaban J connectivity index is 1.70. The van der Waals surface area contributed by atoms with Gasteiger partial charge in [-0.3, -0.25) is 4.79 Å². The second-order valence-corrected chi connectivity index (χ2v) is 9.20. The van der Waals surface area contributed by atoms with E-state index in [1.165, 1.54) is 49.7 Å². The van der Waals surface area contributed by atoms with Gasteiger partial charge in [-0.25, -0.2) is 22.1 Å². The first kappa shape index (κ1) is 20.1. The largest absolute Gasteiger partial charge is 0.326 e. The number of carbonyl (C=O) groups excluding carboxylic acids is 1. The van der Waals surface area contributed by atoms with Gasteiger partial charge in [0.05, 0.1) is 17.0 Å². The standard InChI is InChI=1S/C19H18FN3O3S2/c1-23(2)28(25,26)17-8-4-7-15(10-17)21-18(24)11-16-12-27-19(22-16)13-5-3-6-14(20)9-13/h3-10,12H,11H2,1-2H3,(H,21,24). The van der Waals surface area contributed by atoms with Gasteiger partial charge in [0.15, 0.2) is 0 Å². The maximum Gasteiger partial charge on any atom is 0.242 e. The lowest BCUT2D eigenvalue weighted by atomic mass is 10.2. The minimum absolute atomic E-state index is 0.0243. The number of anilines is 1. The monoisotopic (exact) mass is 419 g/mol. The average molecular weight is 420 g/mol. The van der Waals surface area contributed by atoms with Gasteiger partial charge in [0, 0.05) is 30.7 Å². The molecule has 3 aromatic rings. The van der Waals surface area contributed by atoms with Crippen LogP contribution < -0.4 is 5.32 Å². The molecule has 0 spiro atoms.